The highest BCUT2D eigenvalue weighted by Gasteiger charge is 2.25. The molecule has 1 fully saturated rings. The first kappa shape index (κ1) is 15.3. The van der Waals surface area contributed by atoms with Crippen molar-refractivity contribution in [2.45, 2.75) is 57.9 Å². The van der Waals surface area contributed by atoms with Gasteiger partial charge in [0.05, 0.1) is 0 Å². The molecule has 1 rings (SSSR count). The van der Waals surface area contributed by atoms with Crippen molar-refractivity contribution in [3.63, 3.8) is 0 Å². The Morgan fingerprint density at radius 3 is 2.65 bits per heavy atom. The summed E-state index contributed by atoms with van der Waals surface area (Å²) >= 11 is 1.98. The Hall–Kier alpha value is 0.270. The van der Waals surface area contributed by atoms with Gasteiger partial charge in [0, 0.05) is 30.4 Å². The summed E-state index contributed by atoms with van der Waals surface area (Å²) < 4.78 is 0. The molecule has 0 amide bonds. The lowest BCUT2D eigenvalue weighted by atomic mass is 10.00. The second-order valence-electron chi connectivity index (χ2n) is 5.91. The van der Waals surface area contributed by atoms with Gasteiger partial charge in [-0.05, 0) is 38.5 Å². The number of nitrogens with zero attached hydrogens (tertiary/aromatic N) is 1. The largest absolute Gasteiger partial charge is 0.311 e. The Morgan fingerprint density at radius 2 is 2.06 bits per heavy atom. The lowest BCUT2D eigenvalue weighted by Crippen LogP contribution is -2.56. The van der Waals surface area contributed by atoms with Crippen LogP contribution in [0.1, 0.15) is 40.5 Å². The van der Waals surface area contributed by atoms with Crippen LogP contribution in [-0.2, 0) is 0 Å². The highest BCUT2D eigenvalue weighted by molar-refractivity contribution is 7.99. The average Bonchev–Trinajstić information content (AvgIpc) is 2.28. The minimum absolute atomic E-state index is 0.701. The van der Waals surface area contributed by atoms with Gasteiger partial charge in [0.25, 0.3) is 0 Å². The molecular formula is C14H30N2S. The molecular weight excluding hydrogens is 228 g/mol. The molecule has 3 unspecified atom stereocenters. The van der Waals surface area contributed by atoms with E-state index in [2.05, 4.69) is 44.2 Å². The van der Waals surface area contributed by atoms with E-state index in [1.54, 1.807) is 0 Å². The van der Waals surface area contributed by atoms with Crippen molar-refractivity contribution in [2.24, 2.45) is 5.92 Å². The summed E-state index contributed by atoms with van der Waals surface area (Å²) in [5, 5.41) is 4.48. The molecule has 0 bridgehead atoms. The molecule has 0 aromatic rings. The molecule has 1 heterocycles. The van der Waals surface area contributed by atoms with Crippen LogP contribution < -0.4 is 5.32 Å². The summed E-state index contributed by atoms with van der Waals surface area (Å²) in [4.78, 5) is 2.68. The van der Waals surface area contributed by atoms with Crippen molar-refractivity contribution in [3.05, 3.63) is 0 Å². The zero-order valence-electron chi connectivity index (χ0n) is 12.2. The fourth-order valence-corrected chi connectivity index (χ4v) is 2.84. The fourth-order valence-electron chi connectivity index (χ4n) is 2.50. The summed E-state index contributed by atoms with van der Waals surface area (Å²) in [6.07, 6.45) is 4.84. The zero-order valence-corrected chi connectivity index (χ0v) is 13.0. The molecule has 0 spiro atoms. The predicted molar refractivity (Wildman–Crippen MR) is 79.9 cm³/mol. The van der Waals surface area contributed by atoms with E-state index in [9.17, 15) is 0 Å². The molecule has 0 aromatic heterocycles. The number of hydrogen-bond donors (Lipinski definition) is 1. The number of thioether (sulfide) groups is 1. The van der Waals surface area contributed by atoms with E-state index in [4.69, 9.17) is 0 Å². The Kier molecular flexibility index (Phi) is 6.90. The van der Waals surface area contributed by atoms with Crippen LogP contribution in [0.25, 0.3) is 0 Å². The van der Waals surface area contributed by atoms with Crippen molar-refractivity contribution < 1.29 is 0 Å². The number of rotatable bonds is 6. The third kappa shape index (κ3) is 5.62. The minimum Gasteiger partial charge on any atom is -0.311 e. The Balaban J connectivity index is 2.35. The van der Waals surface area contributed by atoms with E-state index in [0.29, 0.717) is 12.1 Å². The van der Waals surface area contributed by atoms with Gasteiger partial charge < -0.3 is 5.32 Å². The lowest BCUT2D eigenvalue weighted by molar-refractivity contribution is 0.131. The second-order valence-corrected chi connectivity index (χ2v) is 7.19. The zero-order chi connectivity index (χ0) is 12.8. The highest BCUT2D eigenvalue weighted by atomic mass is 32.2. The van der Waals surface area contributed by atoms with Gasteiger partial charge in [0.1, 0.15) is 0 Å². The van der Waals surface area contributed by atoms with Crippen LogP contribution in [0.2, 0.25) is 0 Å². The molecule has 1 aliphatic heterocycles. The van der Waals surface area contributed by atoms with E-state index < -0.39 is 0 Å². The third-order valence-electron chi connectivity index (χ3n) is 3.76. The monoisotopic (exact) mass is 258 g/mol. The molecule has 3 heteroatoms. The molecule has 1 saturated heterocycles. The maximum Gasteiger partial charge on any atom is 0.0198 e. The summed E-state index contributed by atoms with van der Waals surface area (Å²) in [5.74, 6) is 0.799. The SMILES string of the molecule is CSC(C)CCN1CC(CC(C)C)NCC1C. The quantitative estimate of drug-likeness (QED) is 0.789. The van der Waals surface area contributed by atoms with Gasteiger partial charge in [-0.1, -0.05) is 20.8 Å². The summed E-state index contributed by atoms with van der Waals surface area (Å²) in [7, 11) is 0. The van der Waals surface area contributed by atoms with Crippen molar-refractivity contribution in [3.8, 4) is 0 Å². The van der Waals surface area contributed by atoms with Gasteiger partial charge in [0.15, 0.2) is 0 Å². The summed E-state index contributed by atoms with van der Waals surface area (Å²) in [6, 6.07) is 1.41. The van der Waals surface area contributed by atoms with Crippen LogP contribution in [0.15, 0.2) is 0 Å². The molecule has 0 aromatic carbocycles. The average molecular weight is 258 g/mol. The molecule has 3 atom stereocenters. The number of hydrogen-bond acceptors (Lipinski definition) is 3. The van der Waals surface area contributed by atoms with Crippen molar-refractivity contribution in [1.82, 2.24) is 10.2 Å². The number of piperazine rings is 1. The molecule has 0 saturated carbocycles. The summed E-state index contributed by atoms with van der Waals surface area (Å²) in [5.41, 5.74) is 0. The van der Waals surface area contributed by atoms with Gasteiger partial charge in [-0.15, -0.1) is 0 Å². The Labute approximate surface area is 112 Å². The Bertz CT molecular complexity index is 208. The Morgan fingerprint density at radius 1 is 1.35 bits per heavy atom. The normalized spacial score (nSPS) is 28.6. The molecule has 0 aliphatic carbocycles. The minimum atomic E-state index is 0.701. The van der Waals surface area contributed by atoms with E-state index in [0.717, 1.165) is 17.7 Å². The molecule has 102 valence electrons. The highest BCUT2D eigenvalue weighted by Crippen LogP contribution is 2.16. The molecule has 0 radical (unpaired) electrons. The van der Waals surface area contributed by atoms with Crippen LogP contribution in [0.3, 0.4) is 0 Å². The van der Waals surface area contributed by atoms with Gasteiger partial charge in [-0.3, -0.25) is 4.90 Å². The molecule has 17 heavy (non-hydrogen) atoms. The van der Waals surface area contributed by atoms with E-state index in [-0.39, 0.29) is 0 Å². The fraction of sp³-hybridized carbons (Fsp3) is 1.00. The first-order valence-electron chi connectivity index (χ1n) is 7.03. The molecule has 2 nitrogen and oxygen atoms in total. The van der Waals surface area contributed by atoms with Gasteiger partial charge in [-0.2, -0.15) is 11.8 Å². The van der Waals surface area contributed by atoms with Gasteiger partial charge >= 0.3 is 0 Å². The van der Waals surface area contributed by atoms with E-state index in [1.807, 2.05) is 11.8 Å². The van der Waals surface area contributed by atoms with Crippen LogP contribution in [-0.4, -0.2) is 48.1 Å². The predicted octanol–water partition coefficient (Wildman–Crippen LogP) is 2.84. The third-order valence-corrected chi connectivity index (χ3v) is 4.80. The van der Waals surface area contributed by atoms with Gasteiger partial charge in [0.2, 0.25) is 0 Å². The number of nitrogens with one attached hydrogen (secondary N) is 1. The van der Waals surface area contributed by atoms with Crippen LogP contribution in [0.4, 0.5) is 0 Å². The standard InChI is InChI=1S/C14H30N2S/c1-11(2)8-14-10-16(12(3)9-15-14)7-6-13(4)17-5/h11-15H,6-10H2,1-5H3. The van der Waals surface area contributed by atoms with Crippen molar-refractivity contribution in [2.75, 3.05) is 25.9 Å². The smallest absolute Gasteiger partial charge is 0.0198 e. The van der Waals surface area contributed by atoms with Crippen LogP contribution in [0, 0.1) is 5.92 Å². The topological polar surface area (TPSA) is 15.3 Å². The van der Waals surface area contributed by atoms with Crippen LogP contribution in [0.5, 0.6) is 0 Å². The van der Waals surface area contributed by atoms with Crippen molar-refractivity contribution in [1.29, 1.82) is 0 Å². The van der Waals surface area contributed by atoms with Gasteiger partial charge in [-0.25, -0.2) is 0 Å². The molecule has 1 aliphatic rings. The first-order valence-corrected chi connectivity index (χ1v) is 8.32. The van der Waals surface area contributed by atoms with E-state index >= 15 is 0 Å². The maximum atomic E-state index is 3.68. The maximum absolute atomic E-state index is 3.68. The van der Waals surface area contributed by atoms with Crippen molar-refractivity contribution >= 4 is 11.8 Å². The first-order chi connectivity index (χ1) is 8.02. The molecule has 1 N–H and O–H groups in total. The second kappa shape index (κ2) is 7.65. The lowest BCUT2D eigenvalue weighted by Gasteiger charge is -2.39. The van der Waals surface area contributed by atoms with Crippen LogP contribution >= 0.6 is 11.8 Å². The van der Waals surface area contributed by atoms with E-state index in [1.165, 1.54) is 25.9 Å². The summed E-state index contributed by atoms with van der Waals surface area (Å²) in [6.45, 7) is 13.0.